The molecule has 1 aliphatic heterocycles. The van der Waals surface area contributed by atoms with E-state index in [0.717, 1.165) is 39.9 Å². The first-order chi connectivity index (χ1) is 14.2. The fourth-order valence-electron chi connectivity index (χ4n) is 3.87. The van der Waals surface area contributed by atoms with Gasteiger partial charge >= 0.3 is 0 Å². The molecule has 29 heavy (non-hydrogen) atoms. The van der Waals surface area contributed by atoms with Crippen LogP contribution in [0.15, 0.2) is 75.5 Å². The van der Waals surface area contributed by atoms with E-state index < -0.39 is 0 Å². The quantitative estimate of drug-likeness (QED) is 0.524. The van der Waals surface area contributed by atoms with Crippen molar-refractivity contribution >= 4 is 39.4 Å². The molecule has 0 bridgehead atoms. The van der Waals surface area contributed by atoms with Crippen LogP contribution in [0.3, 0.4) is 0 Å². The Bertz CT molecular complexity index is 1090. The van der Waals surface area contributed by atoms with Crippen LogP contribution >= 0.6 is 27.7 Å². The molecule has 0 radical (unpaired) electrons. The van der Waals surface area contributed by atoms with Crippen LogP contribution in [0.2, 0.25) is 0 Å². The normalized spacial score (nSPS) is 18.2. The zero-order valence-electron chi connectivity index (χ0n) is 15.6. The molecule has 2 aliphatic rings. The summed E-state index contributed by atoms with van der Waals surface area (Å²) in [6.07, 6.45) is 2.34. The minimum Gasteiger partial charge on any atom is -0.328 e. The molecule has 1 atom stereocenters. The molecule has 146 valence electrons. The summed E-state index contributed by atoms with van der Waals surface area (Å²) in [5.41, 5.74) is 4.10. The molecule has 3 aromatic rings. The summed E-state index contributed by atoms with van der Waals surface area (Å²) in [6, 6.07) is 18.2. The maximum absolute atomic E-state index is 12.8. The van der Waals surface area contributed by atoms with Crippen molar-refractivity contribution in [2.45, 2.75) is 36.2 Å². The Hall–Kier alpha value is -2.38. The second-order valence-corrected chi connectivity index (χ2v) is 9.04. The number of nitrogens with zero attached hydrogens (tertiary/aromatic N) is 3. The third-order valence-corrected chi connectivity index (χ3v) is 6.68. The Kier molecular flexibility index (Phi) is 5.01. The fourth-order valence-corrected chi connectivity index (χ4v) is 4.92. The number of hydrogen-bond acceptors (Lipinski definition) is 5. The van der Waals surface area contributed by atoms with Crippen molar-refractivity contribution in [3.05, 3.63) is 81.5 Å². The SMILES string of the molecule is O=C1CCCC2=C1[C@H](c1ccc(Br)cc1)n1nc(SCc3ccccc3)nc1N2. The highest BCUT2D eigenvalue weighted by molar-refractivity contribution is 9.10. The maximum atomic E-state index is 12.8. The molecule has 5 rings (SSSR count). The molecule has 1 N–H and O–H groups in total. The van der Waals surface area contributed by atoms with E-state index in [1.165, 1.54) is 5.56 Å². The number of Topliss-reactive ketones (excluding diaryl/α,β-unsaturated/α-hetero) is 1. The topological polar surface area (TPSA) is 59.8 Å². The number of anilines is 1. The van der Waals surface area contributed by atoms with Gasteiger partial charge in [-0.15, -0.1) is 5.10 Å². The van der Waals surface area contributed by atoms with Crippen LogP contribution in [0, 0.1) is 0 Å². The highest BCUT2D eigenvalue weighted by Crippen LogP contribution is 2.40. The summed E-state index contributed by atoms with van der Waals surface area (Å²) in [5.74, 6) is 1.72. The third kappa shape index (κ3) is 3.65. The van der Waals surface area contributed by atoms with Crippen LogP contribution in [-0.2, 0) is 10.5 Å². The molecule has 0 amide bonds. The van der Waals surface area contributed by atoms with Gasteiger partial charge in [0.1, 0.15) is 6.04 Å². The largest absolute Gasteiger partial charge is 0.328 e. The van der Waals surface area contributed by atoms with Crippen molar-refractivity contribution in [1.82, 2.24) is 14.8 Å². The minimum atomic E-state index is -0.235. The number of benzene rings is 2. The standard InChI is InChI=1S/C22H19BrN4OS/c23-16-11-9-15(10-12-16)20-19-17(7-4-8-18(19)28)24-21-25-22(26-27(20)21)29-13-14-5-2-1-3-6-14/h1-3,5-6,9-12,20H,4,7-8,13H2,(H,24,25,26)/t20-/m0/s1. The molecule has 1 aliphatic carbocycles. The molecule has 0 unspecified atom stereocenters. The molecule has 7 heteroatoms. The number of allylic oxidation sites excluding steroid dienone is 2. The summed E-state index contributed by atoms with van der Waals surface area (Å²) in [6.45, 7) is 0. The van der Waals surface area contributed by atoms with E-state index in [-0.39, 0.29) is 11.8 Å². The van der Waals surface area contributed by atoms with Gasteiger partial charge in [0.05, 0.1) is 0 Å². The first kappa shape index (κ1) is 18.6. The van der Waals surface area contributed by atoms with Crippen molar-refractivity contribution in [1.29, 1.82) is 0 Å². The Morgan fingerprint density at radius 2 is 1.90 bits per heavy atom. The van der Waals surface area contributed by atoms with E-state index in [4.69, 9.17) is 10.1 Å². The van der Waals surface area contributed by atoms with E-state index >= 15 is 0 Å². The van der Waals surface area contributed by atoms with Gasteiger partial charge in [-0.25, -0.2) is 4.68 Å². The third-order valence-electron chi connectivity index (χ3n) is 5.25. The van der Waals surface area contributed by atoms with Gasteiger partial charge in [0, 0.05) is 27.9 Å². The number of halogens is 1. The smallest absolute Gasteiger partial charge is 0.227 e. The average Bonchev–Trinajstić information content (AvgIpc) is 3.15. The number of fused-ring (bicyclic) bond motifs is 1. The van der Waals surface area contributed by atoms with Crippen molar-refractivity contribution in [3.8, 4) is 0 Å². The van der Waals surface area contributed by atoms with Gasteiger partial charge in [-0.3, -0.25) is 4.79 Å². The molecule has 0 saturated carbocycles. The summed E-state index contributed by atoms with van der Waals surface area (Å²) >= 11 is 5.11. The lowest BCUT2D eigenvalue weighted by atomic mass is 9.85. The van der Waals surface area contributed by atoms with Crippen LogP contribution in [0.4, 0.5) is 5.95 Å². The zero-order chi connectivity index (χ0) is 19.8. The number of ketones is 1. The molecule has 2 aromatic carbocycles. The first-order valence-electron chi connectivity index (χ1n) is 9.61. The molecular weight excluding hydrogens is 448 g/mol. The highest BCUT2D eigenvalue weighted by atomic mass is 79.9. The fraction of sp³-hybridized carbons (Fsp3) is 0.227. The van der Waals surface area contributed by atoms with Crippen LogP contribution in [0.25, 0.3) is 0 Å². The average molecular weight is 467 g/mol. The van der Waals surface area contributed by atoms with Gasteiger partial charge in [-0.1, -0.05) is 70.2 Å². The van der Waals surface area contributed by atoms with E-state index in [9.17, 15) is 4.79 Å². The molecule has 0 fully saturated rings. The Morgan fingerprint density at radius 1 is 1.10 bits per heavy atom. The molecule has 5 nitrogen and oxygen atoms in total. The Balaban J connectivity index is 1.52. The van der Waals surface area contributed by atoms with Gasteiger partial charge < -0.3 is 5.32 Å². The number of nitrogens with one attached hydrogen (secondary N) is 1. The van der Waals surface area contributed by atoms with Crippen molar-refractivity contribution in [2.75, 3.05) is 5.32 Å². The molecule has 1 aromatic heterocycles. The summed E-state index contributed by atoms with van der Waals surface area (Å²) in [4.78, 5) is 17.6. The first-order valence-corrected chi connectivity index (χ1v) is 11.4. The molecule has 0 saturated heterocycles. The summed E-state index contributed by atoms with van der Waals surface area (Å²) in [7, 11) is 0. The lowest BCUT2D eigenvalue weighted by Gasteiger charge is -2.32. The van der Waals surface area contributed by atoms with E-state index in [1.54, 1.807) is 11.8 Å². The number of carbonyl (C=O) groups is 1. The van der Waals surface area contributed by atoms with Crippen LogP contribution < -0.4 is 5.32 Å². The summed E-state index contributed by atoms with van der Waals surface area (Å²) in [5, 5.41) is 8.88. The van der Waals surface area contributed by atoms with Crippen molar-refractivity contribution in [2.24, 2.45) is 0 Å². The predicted molar refractivity (Wildman–Crippen MR) is 118 cm³/mol. The molecular formula is C22H19BrN4OS. The number of thioether (sulfide) groups is 1. The Morgan fingerprint density at radius 3 is 2.69 bits per heavy atom. The Labute approximate surface area is 181 Å². The molecule has 0 spiro atoms. The lowest BCUT2D eigenvalue weighted by molar-refractivity contribution is -0.116. The number of hydrogen-bond donors (Lipinski definition) is 1. The van der Waals surface area contributed by atoms with Crippen molar-refractivity contribution in [3.63, 3.8) is 0 Å². The van der Waals surface area contributed by atoms with E-state index in [0.29, 0.717) is 17.5 Å². The minimum absolute atomic E-state index is 0.200. The number of aromatic nitrogens is 3. The lowest BCUT2D eigenvalue weighted by Crippen LogP contribution is -2.31. The van der Waals surface area contributed by atoms with Crippen LogP contribution in [0.1, 0.15) is 36.4 Å². The number of carbonyl (C=O) groups excluding carboxylic acids is 1. The van der Waals surface area contributed by atoms with Gasteiger partial charge in [0.25, 0.3) is 0 Å². The second kappa shape index (κ2) is 7.80. The summed E-state index contributed by atoms with van der Waals surface area (Å²) < 4.78 is 2.88. The van der Waals surface area contributed by atoms with Gasteiger partial charge in [-0.05, 0) is 36.1 Å². The van der Waals surface area contributed by atoms with Gasteiger partial charge in [-0.2, -0.15) is 4.98 Å². The van der Waals surface area contributed by atoms with Crippen molar-refractivity contribution < 1.29 is 4.79 Å². The number of rotatable bonds is 4. The van der Waals surface area contributed by atoms with Crippen LogP contribution in [0.5, 0.6) is 0 Å². The van der Waals surface area contributed by atoms with Gasteiger partial charge in [0.15, 0.2) is 5.78 Å². The second-order valence-electron chi connectivity index (χ2n) is 7.18. The predicted octanol–water partition coefficient (Wildman–Crippen LogP) is 5.35. The van der Waals surface area contributed by atoms with E-state index in [2.05, 4.69) is 45.5 Å². The van der Waals surface area contributed by atoms with E-state index in [1.807, 2.05) is 35.0 Å². The van der Waals surface area contributed by atoms with Gasteiger partial charge in [0.2, 0.25) is 11.1 Å². The monoisotopic (exact) mass is 466 g/mol. The molecule has 2 heterocycles. The maximum Gasteiger partial charge on any atom is 0.227 e. The zero-order valence-corrected chi connectivity index (χ0v) is 18.0. The van der Waals surface area contributed by atoms with Crippen LogP contribution in [-0.4, -0.2) is 20.5 Å². The highest BCUT2D eigenvalue weighted by Gasteiger charge is 2.36.